The first-order valence-electron chi connectivity index (χ1n) is 11.8. The van der Waals surface area contributed by atoms with Crippen molar-refractivity contribution in [1.29, 1.82) is 0 Å². The number of nitrogens with zero attached hydrogens (tertiary/aromatic N) is 1. The van der Waals surface area contributed by atoms with Gasteiger partial charge < -0.3 is 19.5 Å². The minimum Gasteiger partial charge on any atom is -0.507 e. The van der Waals surface area contributed by atoms with E-state index in [2.05, 4.69) is 20.8 Å². The smallest absolute Gasteiger partial charge is 0.295 e. The van der Waals surface area contributed by atoms with Crippen LogP contribution >= 0.6 is 0 Å². The van der Waals surface area contributed by atoms with Crippen LogP contribution in [0.4, 0.5) is 0 Å². The number of carbonyl (C=O) groups excluding carboxylic acids is 2. The monoisotopic (exact) mass is 465 g/mol. The fourth-order valence-corrected chi connectivity index (χ4v) is 4.32. The van der Waals surface area contributed by atoms with Crippen molar-refractivity contribution in [2.45, 2.75) is 58.9 Å². The summed E-state index contributed by atoms with van der Waals surface area (Å²) in [5.41, 5.74) is 1.95. The molecule has 1 aliphatic rings. The van der Waals surface area contributed by atoms with Crippen molar-refractivity contribution in [3.05, 3.63) is 64.7 Å². The summed E-state index contributed by atoms with van der Waals surface area (Å²) < 4.78 is 11.2. The number of aliphatic hydroxyl groups excluding tert-OH is 1. The highest BCUT2D eigenvalue weighted by Crippen LogP contribution is 2.41. The lowest BCUT2D eigenvalue weighted by atomic mass is 9.84. The fourth-order valence-electron chi connectivity index (χ4n) is 4.32. The summed E-state index contributed by atoms with van der Waals surface area (Å²) in [6.45, 7) is 11.0. The second-order valence-corrected chi connectivity index (χ2v) is 9.52. The molecule has 2 aromatic rings. The van der Waals surface area contributed by atoms with Gasteiger partial charge in [0.05, 0.1) is 25.3 Å². The van der Waals surface area contributed by atoms with Crippen molar-refractivity contribution in [2.24, 2.45) is 0 Å². The summed E-state index contributed by atoms with van der Waals surface area (Å²) >= 11 is 0. The first kappa shape index (κ1) is 25.3. The number of amides is 1. The van der Waals surface area contributed by atoms with E-state index in [1.54, 1.807) is 24.1 Å². The summed E-state index contributed by atoms with van der Waals surface area (Å²) in [6.07, 6.45) is 1.63. The number of methoxy groups -OCH3 is 1. The molecule has 0 aromatic heterocycles. The Bertz CT molecular complexity index is 1100. The number of rotatable bonds is 8. The molecule has 0 spiro atoms. The molecule has 0 bridgehead atoms. The van der Waals surface area contributed by atoms with Crippen molar-refractivity contribution in [2.75, 3.05) is 20.3 Å². The van der Waals surface area contributed by atoms with Crippen molar-refractivity contribution < 1.29 is 24.2 Å². The maximum Gasteiger partial charge on any atom is 0.295 e. The summed E-state index contributed by atoms with van der Waals surface area (Å²) in [6, 6.07) is 12.0. The number of hydrogen-bond acceptors (Lipinski definition) is 5. The van der Waals surface area contributed by atoms with Gasteiger partial charge in [0.1, 0.15) is 17.3 Å². The number of unbranched alkanes of at least 4 members (excludes halogenated alkanes) is 1. The van der Waals surface area contributed by atoms with Gasteiger partial charge in [-0.25, -0.2) is 0 Å². The van der Waals surface area contributed by atoms with Crippen molar-refractivity contribution in [3.63, 3.8) is 0 Å². The molecule has 6 heteroatoms. The van der Waals surface area contributed by atoms with Crippen LogP contribution in [0.25, 0.3) is 5.76 Å². The zero-order valence-electron chi connectivity index (χ0n) is 21.0. The van der Waals surface area contributed by atoms with E-state index in [4.69, 9.17) is 9.47 Å². The normalized spacial score (nSPS) is 17.8. The Labute approximate surface area is 202 Å². The van der Waals surface area contributed by atoms with E-state index in [0.29, 0.717) is 30.2 Å². The van der Waals surface area contributed by atoms with Crippen LogP contribution in [0.1, 0.15) is 70.2 Å². The molecule has 1 unspecified atom stereocenters. The third-order valence-corrected chi connectivity index (χ3v) is 6.06. The fraction of sp³-hybridized carbons (Fsp3) is 0.429. The Kier molecular flexibility index (Phi) is 7.70. The second kappa shape index (κ2) is 10.3. The van der Waals surface area contributed by atoms with Gasteiger partial charge >= 0.3 is 0 Å². The topological polar surface area (TPSA) is 76.1 Å². The van der Waals surface area contributed by atoms with Gasteiger partial charge in [0.2, 0.25) is 0 Å². The summed E-state index contributed by atoms with van der Waals surface area (Å²) in [4.78, 5) is 27.9. The van der Waals surface area contributed by atoms with Gasteiger partial charge in [-0.3, -0.25) is 9.59 Å². The third kappa shape index (κ3) is 4.96. The lowest BCUT2D eigenvalue weighted by Crippen LogP contribution is -2.30. The zero-order valence-corrected chi connectivity index (χ0v) is 21.0. The van der Waals surface area contributed by atoms with Gasteiger partial charge in [0, 0.05) is 17.7 Å². The van der Waals surface area contributed by atoms with E-state index in [1.165, 1.54) is 0 Å². The molecule has 1 amide bonds. The average molecular weight is 466 g/mol. The van der Waals surface area contributed by atoms with Crippen molar-refractivity contribution in [3.8, 4) is 11.5 Å². The molecule has 182 valence electrons. The molecular weight excluding hydrogens is 430 g/mol. The number of aliphatic hydroxyl groups is 1. The maximum absolute atomic E-state index is 13.2. The first-order chi connectivity index (χ1) is 16.1. The highest BCUT2D eigenvalue weighted by molar-refractivity contribution is 6.46. The Balaban J connectivity index is 2.21. The van der Waals surface area contributed by atoms with Gasteiger partial charge in [-0.15, -0.1) is 0 Å². The number of benzene rings is 2. The molecule has 2 aromatic carbocycles. The second-order valence-electron chi connectivity index (χ2n) is 9.52. The lowest BCUT2D eigenvalue weighted by Gasteiger charge is -2.26. The molecule has 1 aliphatic heterocycles. The Morgan fingerprint density at radius 2 is 1.82 bits per heavy atom. The first-order valence-corrected chi connectivity index (χ1v) is 11.8. The number of ketones is 1. The lowest BCUT2D eigenvalue weighted by molar-refractivity contribution is -0.139. The van der Waals surface area contributed by atoms with Crippen LogP contribution in [0, 0.1) is 0 Å². The standard InChI is InChI=1S/C28H35NO5/c1-7-9-15-29-24(18-11-10-12-20(16-18)34-8-2)23(26(31)27(29)32)25(30)19-13-14-22(33-6)21(17-19)28(3,4)5/h10-14,16-17,24,30H,7-9,15H2,1-6H3/b25-23+. The molecule has 0 saturated carbocycles. The van der Waals surface area contributed by atoms with Crippen LogP contribution < -0.4 is 9.47 Å². The quantitative estimate of drug-likeness (QED) is 0.311. The maximum atomic E-state index is 13.2. The molecule has 1 saturated heterocycles. The third-order valence-electron chi connectivity index (χ3n) is 6.06. The summed E-state index contributed by atoms with van der Waals surface area (Å²) in [5, 5.41) is 11.4. The van der Waals surface area contributed by atoms with E-state index in [9.17, 15) is 14.7 Å². The van der Waals surface area contributed by atoms with Gasteiger partial charge in [0.15, 0.2) is 0 Å². The molecule has 1 heterocycles. The van der Waals surface area contributed by atoms with Gasteiger partial charge in [-0.2, -0.15) is 0 Å². The summed E-state index contributed by atoms with van der Waals surface area (Å²) in [5.74, 6) is -0.0915. The van der Waals surface area contributed by atoms with Gasteiger partial charge in [0.25, 0.3) is 11.7 Å². The molecule has 3 rings (SSSR count). The van der Waals surface area contributed by atoms with Crippen LogP contribution in [-0.2, 0) is 15.0 Å². The minimum absolute atomic E-state index is 0.0970. The molecule has 1 fully saturated rings. The average Bonchev–Trinajstić information content (AvgIpc) is 3.06. The van der Waals surface area contributed by atoms with Crippen LogP contribution in [0.5, 0.6) is 11.5 Å². The molecule has 0 radical (unpaired) electrons. The van der Waals surface area contributed by atoms with E-state index in [-0.39, 0.29) is 16.7 Å². The van der Waals surface area contributed by atoms with Crippen molar-refractivity contribution in [1.82, 2.24) is 4.90 Å². The van der Waals surface area contributed by atoms with Gasteiger partial charge in [-0.05, 0) is 54.7 Å². The molecule has 0 aliphatic carbocycles. The zero-order chi connectivity index (χ0) is 25.0. The molecule has 34 heavy (non-hydrogen) atoms. The minimum atomic E-state index is -0.688. The van der Waals surface area contributed by atoms with Crippen LogP contribution in [0.2, 0.25) is 0 Å². The predicted molar refractivity (Wildman–Crippen MR) is 133 cm³/mol. The summed E-state index contributed by atoms with van der Waals surface area (Å²) in [7, 11) is 1.61. The number of likely N-dealkylation sites (tertiary alicyclic amines) is 1. The molecular formula is C28H35NO5. The number of carbonyl (C=O) groups is 2. The number of hydrogen-bond donors (Lipinski definition) is 1. The Morgan fingerprint density at radius 1 is 1.09 bits per heavy atom. The molecule has 1 atom stereocenters. The Morgan fingerprint density at radius 3 is 2.44 bits per heavy atom. The molecule has 1 N–H and O–H groups in total. The molecule has 6 nitrogen and oxygen atoms in total. The Hall–Kier alpha value is -3.28. The highest BCUT2D eigenvalue weighted by Gasteiger charge is 2.46. The largest absolute Gasteiger partial charge is 0.507 e. The van der Waals surface area contributed by atoms with Crippen LogP contribution in [-0.4, -0.2) is 42.0 Å². The van der Waals surface area contributed by atoms with E-state index in [0.717, 1.165) is 24.0 Å². The predicted octanol–water partition coefficient (Wildman–Crippen LogP) is 5.61. The van der Waals surface area contributed by atoms with Gasteiger partial charge in [-0.1, -0.05) is 46.2 Å². The SMILES string of the molecule is CCCCN1C(=O)C(=O)/C(=C(/O)c2ccc(OC)c(C(C)(C)C)c2)C1c1cccc(OCC)c1. The van der Waals surface area contributed by atoms with E-state index in [1.807, 2.05) is 44.2 Å². The van der Waals surface area contributed by atoms with Crippen molar-refractivity contribution >= 4 is 17.4 Å². The van der Waals surface area contributed by atoms with Crippen LogP contribution in [0.3, 0.4) is 0 Å². The number of Topliss-reactive ketones (excluding diaryl/α,β-unsaturated/α-hetero) is 1. The van der Waals surface area contributed by atoms with Crippen LogP contribution in [0.15, 0.2) is 48.0 Å². The van der Waals surface area contributed by atoms with E-state index < -0.39 is 17.7 Å². The number of ether oxygens (including phenoxy) is 2. The highest BCUT2D eigenvalue weighted by atomic mass is 16.5. The van der Waals surface area contributed by atoms with E-state index >= 15 is 0 Å².